The predicted octanol–water partition coefficient (Wildman–Crippen LogP) is 1.64. The standard InChI is InChI=1S/C8H6ClFN4/c9-6-2-1-5(10)3-7(6)14-12-4-8(11)13-14/h1-4H,(H2,11,13). The Balaban J connectivity index is 2.55. The van der Waals surface area contributed by atoms with Gasteiger partial charge in [-0.1, -0.05) is 11.6 Å². The summed E-state index contributed by atoms with van der Waals surface area (Å²) in [4.78, 5) is 1.18. The lowest BCUT2D eigenvalue weighted by atomic mass is 10.3. The Morgan fingerprint density at radius 1 is 1.43 bits per heavy atom. The topological polar surface area (TPSA) is 56.7 Å². The van der Waals surface area contributed by atoms with Crippen molar-refractivity contribution < 1.29 is 4.39 Å². The first-order valence-corrected chi connectivity index (χ1v) is 4.18. The highest BCUT2D eigenvalue weighted by Crippen LogP contribution is 2.19. The first-order chi connectivity index (χ1) is 6.66. The smallest absolute Gasteiger partial charge is 0.166 e. The van der Waals surface area contributed by atoms with E-state index in [9.17, 15) is 4.39 Å². The fourth-order valence-electron chi connectivity index (χ4n) is 1.03. The molecule has 1 heterocycles. The van der Waals surface area contributed by atoms with Gasteiger partial charge in [0.25, 0.3) is 0 Å². The van der Waals surface area contributed by atoms with Gasteiger partial charge in [0.15, 0.2) is 5.82 Å². The Labute approximate surface area is 84.1 Å². The van der Waals surface area contributed by atoms with E-state index in [2.05, 4.69) is 10.2 Å². The molecule has 0 fully saturated rings. The van der Waals surface area contributed by atoms with Gasteiger partial charge in [-0.2, -0.15) is 5.10 Å². The molecule has 4 nitrogen and oxygen atoms in total. The summed E-state index contributed by atoms with van der Waals surface area (Å²) < 4.78 is 12.9. The van der Waals surface area contributed by atoms with E-state index in [0.29, 0.717) is 10.7 Å². The Bertz CT molecular complexity index is 468. The van der Waals surface area contributed by atoms with Crippen LogP contribution in [0.2, 0.25) is 5.02 Å². The fourth-order valence-corrected chi connectivity index (χ4v) is 1.22. The highest BCUT2D eigenvalue weighted by Gasteiger charge is 2.06. The summed E-state index contributed by atoms with van der Waals surface area (Å²) in [6.07, 6.45) is 1.36. The summed E-state index contributed by atoms with van der Waals surface area (Å²) in [6.45, 7) is 0. The van der Waals surface area contributed by atoms with E-state index in [4.69, 9.17) is 17.3 Å². The summed E-state index contributed by atoms with van der Waals surface area (Å²) in [7, 11) is 0. The number of nitrogen functional groups attached to an aromatic ring is 1. The molecule has 2 rings (SSSR count). The minimum Gasteiger partial charge on any atom is -0.381 e. The van der Waals surface area contributed by atoms with Crippen molar-refractivity contribution in [3.8, 4) is 5.69 Å². The number of nitrogens with two attached hydrogens (primary N) is 1. The van der Waals surface area contributed by atoms with Crippen LogP contribution in [0.5, 0.6) is 0 Å². The average molecular weight is 213 g/mol. The van der Waals surface area contributed by atoms with Crippen molar-refractivity contribution in [3.63, 3.8) is 0 Å². The maximum atomic E-state index is 12.9. The van der Waals surface area contributed by atoms with Gasteiger partial charge in [-0.15, -0.1) is 9.90 Å². The molecule has 0 spiro atoms. The van der Waals surface area contributed by atoms with Crippen LogP contribution in [-0.4, -0.2) is 15.0 Å². The second-order valence-corrected chi connectivity index (χ2v) is 3.06. The van der Waals surface area contributed by atoms with E-state index in [-0.39, 0.29) is 5.82 Å². The number of rotatable bonds is 1. The molecule has 0 amide bonds. The molecule has 14 heavy (non-hydrogen) atoms. The Kier molecular flexibility index (Phi) is 2.09. The molecule has 0 aliphatic heterocycles. The highest BCUT2D eigenvalue weighted by atomic mass is 35.5. The number of benzene rings is 1. The van der Waals surface area contributed by atoms with Gasteiger partial charge in [0, 0.05) is 6.07 Å². The third kappa shape index (κ3) is 1.54. The van der Waals surface area contributed by atoms with Crippen molar-refractivity contribution in [2.24, 2.45) is 0 Å². The molecule has 0 saturated heterocycles. The van der Waals surface area contributed by atoms with Crippen molar-refractivity contribution in [2.75, 3.05) is 5.73 Å². The van der Waals surface area contributed by atoms with E-state index in [1.165, 1.54) is 29.2 Å². The van der Waals surface area contributed by atoms with Crippen LogP contribution in [-0.2, 0) is 0 Å². The molecule has 2 N–H and O–H groups in total. The fraction of sp³-hybridized carbons (Fsp3) is 0. The maximum Gasteiger partial charge on any atom is 0.166 e. The second-order valence-electron chi connectivity index (χ2n) is 2.65. The maximum absolute atomic E-state index is 12.9. The lowest BCUT2D eigenvalue weighted by molar-refractivity contribution is 0.622. The van der Waals surface area contributed by atoms with E-state index in [1.807, 2.05) is 0 Å². The van der Waals surface area contributed by atoms with Gasteiger partial charge in [-0.3, -0.25) is 0 Å². The van der Waals surface area contributed by atoms with Gasteiger partial charge in [0.05, 0.1) is 11.2 Å². The van der Waals surface area contributed by atoms with Crippen LogP contribution in [0, 0.1) is 5.82 Å². The van der Waals surface area contributed by atoms with Crippen molar-refractivity contribution in [1.29, 1.82) is 0 Å². The Morgan fingerprint density at radius 3 is 2.86 bits per heavy atom. The van der Waals surface area contributed by atoms with Gasteiger partial charge < -0.3 is 5.73 Å². The van der Waals surface area contributed by atoms with E-state index >= 15 is 0 Å². The third-order valence-corrected chi connectivity index (χ3v) is 1.95. The zero-order valence-corrected chi connectivity index (χ0v) is 7.74. The average Bonchev–Trinajstić information content (AvgIpc) is 2.56. The third-order valence-electron chi connectivity index (χ3n) is 1.63. The van der Waals surface area contributed by atoms with Crippen LogP contribution < -0.4 is 5.73 Å². The number of nitrogens with zero attached hydrogens (tertiary/aromatic N) is 3. The van der Waals surface area contributed by atoms with Crippen LogP contribution in [0.25, 0.3) is 5.69 Å². The molecule has 1 aromatic carbocycles. The van der Waals surface area contributed by atoms with Crippen molar-refractivity contribution in [2.45, 2.75) is 0 Å². The van der Waals surface area contributed by atoms with E-state index in [1.54, 1.807) is 0 Å². The van der Waals surface area contributed by atoms with Gasteiger partial charge in [0.1, 0.15) is 11.5 Å². The number of aromatic nitrogens is 3. The molecule has 72 valence electrons. The molecule has 0 atom stereocenters. The number of anilines is 1. The van der Waals surface area contributed by atoms with Crippen molar-refractivity contribution in [3.05, 3.63) is 35.2 Å². The number of hydrogen-bond donors (Lipinski definition) is 1. The Hall–Kier alpha value is -1.62. The van der Waals surface area contributed by atoms with Crippen LogP contribution in [0.4, 0.5) is 10.2 Å². The highest BCUT2D eigenvalue weighted by molar-refractivity contribution is 6.32. The first-order valence-electron chi connectivity index (χ1n) is 3.80. The lowest BCUT2D eigenvalue weighted by Crippen LogP contribution is -2.00. The summed E-state index contributed by atoms with van der Waals surface area (Å²) in [5.74, 6) is -0.148. The molecular formula is C8H6ClFN4. The van der Waals surface area contributed by atoms with E-state index in [0.717, 1.165) is 0 Å². The van der Waals surface area contributed by atoms with Crippen molar-refractivity contribution in [1.82, 2.24) is 15.0 Å². The molecule has 1 aromatic heterocycles. The second kappa shape index (κ2) is 3.26. The molecule has 0 aliphatic carbocycles. The predicted molar refractivity (Wildman–Crippen MR) is 50.7 cm³/mol. The minimum atomic E-state index is -0.403. The summed E-state index contributed by atoms with van der Waals surface area (Å²) in [5, 5.41) is 8.00. The largest absolute Gasteiger partial charge is 0.381 e. The molecule has 0 saturated carbocycles. The lowest BCUT2D eigenvalue weighted by Gasteiger charge is -2.01. The van der Waals surface area contributed by atoms with Gasteiger partial charge in [-0.25, -0.2) is 4.39 Å². The first kappa shape index (κ1) is 8.96. The molecule has 0 bridgehead atoms. The molecule has 2 aromatic rings. The number of hydrogen-bond acceptors (Lipinski definition) is 3. The van der Waals surface area contributed by atoms with E-state index < -0.39 is 5.82 Å². The zero-order valence-electron chi connectivity index (χ0n) is 6.98. The van der Waals surface area contributed by atoms with Crippen LogP contribution >= 0.6 is 11.6 Å². The quantitative estimate of drug-likeness (QED) is 0.782. The minimum absolute atomic E-state index is 0.255. The zero-order chi connectivity index (χ0) is 10.1. The number of halogens is 2. The molecule has 6 heteroatoms. The van der Waals surface area contributed by atoms with Crippen LogP contribution in [0.15, 0.2) is 24.4 Å². The van der Waals surface area contributed by atoms with Crippen LogP contribution in [0.1, 0.15) is 0 Å². The molecular weight excluding hydrogens is 207 g/mol. The summed E-state index contributed by atoms with van der Waals surface area (Å²) in [5.41, 5.74) is 5.74. The van der Waals surface area contributed by atoms with Gasteiger partial charge in [0.2, 0.25) is 0 Å². The summed E-state index contributed by atoms with van der Waals surface area (Å²) in [6, 6.07) is 3.94. The monoisotopic (exact) mass is 212 g/mol. The summed E-state index contributed by atoms with van der Waals surface area (Å²) >= 11 is 5.83. The van der Waals surface area contributed by atoms with Gasteiger partial charge in [-0.05, 0) is 12.1 Å². The van der Waals surface area contributed by atoms with Crippen LogP contribution in [0.3, 0.4) is 0 Å². The Morgan fingerprint density at radius 2 is 2.21 bits per heavy atom. The molecule has 0 radical (unpaired) electrons. The molecule has 0 unspecified atom stereocenters. The van der Waals surface area contributed by atoms with Crippen molar-refractivity contribution >= 4 is 17.4 Å². The molecule has 0 aliphatic rings. The van der Waals surface area contributed by atoms with Gasteiger partial charge >= 0.3 is 0 Å². The SMILES string of the molecule is Nc1cnn(-c2cc(F)ccc2Cl)n1. The normalized spacial score (nSPS) is 10.4.